The fraction of sp³-hybridized carbons (Fsp3) is 0.440. The Balaban J connectivity index is 2.46. The molecule has 192 valence electrons. The number of nitrogens with zero attached hydrogens (tertiary/aromatic N) is 3. The number of hydrogen-bond donors (Lipinski definition) is 1. The average molecular weight is 507 g/mol. The van der Waals surface area contributed by atoms with E-state index in [9.17, 15) is 22.4 Å². The molecule has 35 heavy (non-hydrogen) atoms. The van der Waals surface area contributed by atoms with Gasteiger partial charge in [-0.2, -0.15) is 12.7 Å². The molecular weight excluding hydrogens is 471 g/mol. The Morgan fingerprint density at radius 1 is 1.00 bits per heavy atom. The first-order valence-corrected chi connectivity index (χ1v) is 12.8. The summed E-state index contributed by atoms with van der Waals surface area (Å²) in [4.78, 5) is 27.8. The van der Waals surface area contributed by atoms with Gasteiger partial charge in [-0.3, -0.25) is 9.59 Å². The zero-order valence-electron chi connectivity index (χ0n) is 21.2. The molecule has 0 fully saturated rings. The number of amides is 2. The van der Waals surface area contributed by atoms with Gasteiger partial charge >= 0.3 is 10.2 Å². The van der Waals surface area contributed by atoms with E-state index >= 15 is 0 Å². The van der Waals surface area contributed by atoms with Crippen LogP contribution in [0.5, 0.6) is 0 Å². The van der Waals surface area contributed by atoms with E-state index < -0.39 is 34.5 Å². The van der Waals surface area contributed by atoms with E-state index in [0.717, 1.165) is 25.8 Å². The second-order valence-electron chi connectivity index (χ2n) is 9.01. The van der Waals surface area contributed by atoms with Crippen LogP contribution in [0.3, 0.4) is 0 Å². The number of halogens is 1. The van der Waals surface area contributed by atoms with E-state index in [1.807, 2.05) is 45.0 Å². The molecule has 0 aromatic heterocycles. The van der Waals surface area contributed by atoms with Crippen LogP contribution in [0, 0.1) is 18.7 Å². The Hall–Kier alpha value is -2.98. The molecule has 2 aromatic rings. The first-order valence-electron chi connectivity index (χ1n) is 11.4. The largest absolute Gasteiger partial charge is 0.354 e. The van der Waals surface area contributed by atoms with E-state index in [0.29, 0.717) is 6.54 Å². The van der Waals surface area contributed by atoms with Gasteiger partial charge in [-0.1, -0.05) is 50.2 Å². The van der Waals surface area contributed by atoms with Gasteiger partial charge in [0.25, 0.3) is 0 Å². The summed E-state index contributed by atoms with van der Waals surface area (Å²) in [6.07, 6.45) is 0. The van der Waals surface area contributed by atoms with Gasteiger partial charge in [-0.15, -0.1) is 0 Å². The maximum absolute atomic E-state index is 14.6. The van der Waals surface area contributed by atoms with Gasteiger partial charge in [-0.25, -0.2) is 8.70 Å². The number of hydrogen-bond acceptors (Lipinski definition) is 4. The van der Waals surface area contributed by atoms with Crippen molar-refractivity contribution >= 4 is 27.7 Å². The molecule has 0 aliphatic heterocycles. The van der Waals surface area contributed by atoms with Gasteiger partial charge in [-0.05, 0) is 43.0 Å². The van der Waals surface area contributed by atoms with Gasteiger partial charge in [0.05, 0.1) is 5.69 Å². The Kier molecular flexibility index (Phi) is 9.79. The summed E-state index contributed by atoms with van der Waals surface area (Å²) in [6.45, 7) is 7.26. The standard InChI is InChI=1S/C25H35FN4O4S/c1-18(2)15-27-25(32)20(4)29(16-21-12-8-7-11-19(21)3)24(31)17-30(35(33,34)28(5)6)23-14-10-9-13-22(23)26/h7-14,18,20H,15-17H2,1-6H3,(H,27,32). The molecule has 0 bridgehead atoms. The minimum Gasteiger partial charge on any atom is -0.354 e. The van der Waals surface area contributed by atoms with Crippen molar-refractivity contribution in [2.75, 3.05) is 31.5 Å². The fourth-order valence-electron chi connectivity index (χ4n) is 3.36. The maximum Gasteiger partial charge on any atom is 0.304 e. The van der Waals surface area contributed by atoms with Crippen LogP contribution in [-0.4, -0.2) is 62.7 Å². The van der Waals surface area contributed by atoms with Gasteiger partial charge in [0.15, 0.2) is 0 Å². The third-order valence-electron chi connectivity index (χ3n) is 5.59. The molecular formula is C25H35FN4O4S. The lowest BCUT2D eigenvalue weighted by Gasteiger charge is -2.33. The van der Waals surface area contributed by atoms with Crippen LogP contribution in [0.25, 0.3) is 0 Å². The van der Waals surface area contributed by atoms with Crippen molar-refractivity contribution in [2.45, 2.75) is 40.3 Å². The second kappa shape index (κ2) is 12.1. The molecule has 2 rings (SSSR count). The predicted molar refractivity (Wildman–Crippen MR) is 135 cm³/mol. The lowest BCUT2D eigenvalue weighted by Crippen LogP contribution is -2.52. The second-order valence-corrected chi connectivity index (χ2v) is 11.1. The van der Waals surface area contributed by atoms with E-state index in [1.165, 1.54) is 37.2 Å². The lowest BCUT2D eigenvalue weighted by molar-refractivity contribution is -0.139. The summed E-state index contributed by atoms with van der Waals surface area (Å²) in [7, 11) is -1.60. The third kappa shape index (κ3) is 7.25. The van der Waals surface area contributed by atoms with Crippen LogP contribution in [0.2, 0.25) is 0 Å². The first-order chi connectivity index (χ1) is 16.4. The molecule has 0 saturated carbocycles. The third-order valence-corrected chi connectivity index (χ3v) is 7.40. The summed E-state index contributed by atoms with van der Waals surface area (Å²) < 4.78 is 42.4. The van der Waals surface area contributed by atoms with Crippen LogP contribution < -0.4 is 9.62 Å². The molecule has 1 atom stereocenters. The van der Waals surface area contributed by atoms with Crippen molar-refractivity contribution in [3.63, 3.8) is 0 Å². The van der Waals surface area contributed by atoms with E-state index in [4.69, 9.17) is 0 Å². The summed E-state index contributed by atoms with van der Waals surface area (Å²) in [6, 6.07) is 11.9. The molecule has 0 heterocycles. The number of benzene rings is 2. The van der Waals surface area contributed by atoms with E-state index in [1.54, 1.807) is 6.92 Å². The molecule has 8 nitrogen and oxygen atoms in total. The number of rotatable bonds is 11. The van der Waals surface area contributed by atoms with Crippen molar-refractivity contribution in [2.24, 2.45) is 5.92 Å². The SMILES string of the molecule is Cc1ccccc1CN(C(=O)CN(c1ccccc1F)S(=O)(=O)N(C)C)C(C)C(=O)NCC(C)C. The molecule has 0 spiro atoms. The van der Waals surface area contributed by atoms with Gasteiger partial charge in [0, 0.05) is 27.2 Å². The van der Waals surface area contributed by atoms with Crippen molar-refractivity contribution < 1.29 is 22.4 Å². The molecule has 0 aliphatic carbocycles. The maximum atomic E-state index is 14.6. The monoisotopic (exact) mass is 506 g/mol. The van der Waals surface area contributed by atoms with Crippen LogP contribution in [-0.2, 0) is 26.3 Å². The van der Waals surface area contributed by atoms with Gasteiger partial charge in [0.1, 0.15) is 18.4 Å². The minimum atomic E-state index is -4.21. The Bertz CT molecular complexity index is 1140. The zero-order valence-corrected chi connectivity index (χ0v) is 22.0. The quantitative estimate of drug-likeness (QED) is 0.508. The molecule has 2 amide bonds. The van der Waals surface area contributed by atoms with Crippen molar-refractivity contribution in [3.8, 4) is 0 Å². The highest BCUT2D eigenvalue weighted by molar-refractivity contribution is 7.90. The number of anilines is 1. The molecule has 2 aromatic carbocycles. The molecule has 0 saturated heterocycles. The van der Waals surface area contributed by atoms with Crippen LogP contribution >= 0.6 is 0 Å². The van der Waals surface area contributed by atoms with Crippen LogP contribution in [0.15, 0.2) is 48.5 Å². The normalized spacial score (nSPS) is 12.5. The summed E-state index contributed by atoms with van der Waals surface area (Å²) in [5.74, 6) is -1.55. The number of para-hydroxylation sites is 1. The number of aryl methyl sites for hydroxylation is 1. The molecule has 10 heteroatoms. The summed E-state index contributed by atoms with van der Waals surface area (Å²) in [5, 5.41) is 2.83. The number of carbonyl (C=O) groups is 2. The topological polar surface area (TPSA) is 90.0 Å². The Labute approximate surface area is 207 Å². The fourth-order valence-corrected chi connectivity index (χ4v) is 4.43. The van der Waals surface area contributed by atoms with E-state index in [-0.39, 0.29) is 24.1 Å². The zero-order chi connectivity index (χ0) is 26.3. The van der Waals surface area contributed by atoms with Crippen molar-refractivity contribution in [1.29, 1.82) is 0 Å². The Morgan fingerprint density at radius 2 is 1.60 bits per heavy atom. The first kappa shape index (κ1) is 28.3. The van der Waals surface area contributed by atoms with Gasteiger partial charge in [0.2, 0.25) is 11.8 Å². The average Bonchev–Trinajstić information content (AvgIpc) is 2.80. The molecule has 0 radical (unpaired) electrons. The van der Waals surface area contributed by atoms with Gasteiger partial charge < -0.3 is 10.2 Å². The summed E-state index contributed by atoms with van der Waals surface area (Å²) in [5.41, 5.74) is 1.49. The predicted octanol–water partition coefficient (Wildman–Crippen LogP) is 2.94. The summed E-state index contributed by atoms with van der Waals surface area (Å²) >= 11 is 0. The minimum absolute atomic E-state index is 0.0922. The van der Waals surface area contributed by atoms with Crippen molar-refractivity contribution in [1.82, 2.24) is 14.5 Å². The van der Waals surface area contributed by atoms with Crippen LogP contribution in [0.4, 0.5) is 10.1 Å². The molecule has 0 aliphatic rings. The van der Waals surface area contributed by atoms with Crippen LogP contribution in [0.1, 0.15) is 31.9 Å². The van der Waals surface area contributed by atoms with E-state index in [2.05, 4.69) is 5.32 Å². The molecule has 1 N–H and O–H groups in total. The lowest BCUT2D eigenvalue weighted by atomic mass is 10.1. The van der Waals surface area contributed by atoms with Crippen molar-refractivity contribution in [3.05, 3.63) is 65.5 Å². The number of nitrogens with one attached hydrogen (secondary N) is 1. The highest BCUT2D eigenvalue weighted by Gasteiger charge is 2.33. The molecule has 1 unspecified atom stereocenters. The highest BCUT2D eigenvalue weighted by Crippen LogP contribution is 2.24. The Morgan fingerprint density at radius 3 is 2.17 bits per heavy atom. The highest BCUT2D eigenvalue weighted by atomic mass is 32.2. The number of carbonyl (C=O) groups excluding carboxylic acids is 2. The smallest absolute Gasteiger partial charge is 0.304 e.